The van der Waals surface area contributed by atoms with Crippen LogP contribution in [0.2, 0.25) is 10.0 Å². The van der Waals surface area contributed by atoms with Crippen LogP contribution in [-0.4, -0.2) is 29.7 Å². The molecule has 2 aromatic carbocycles. The molecule has 9 heteroatoms. The van der Waals surface area contributed by atoms with Gasteiger partial charge in [0.15, 0.2) is 11.5 Å². The Kier molecular flexibility index (Phi) is 7.41. The van der Waals surface area contributed by atoms with E-state index in [1.54, 1.807) is 30.3 Å². The third-order valence-electron chi connectivity index (χ3n) is 4.94. The SMILES string of the molecule is COc1cc2ncn(CCCC(=O)NC(C)c3ccc(Cl)cc3Cl)c(=O)c2cc1OC. The summed E-state index contributed by atoms with van der Waals surface area (Å²) in [6.45, 7) is 2.21. The second kappa shape index (κ2) is 10.0. The van der Waals surface area contributed by atoms with Crippen LogP contribution in [0.25, 0.3) is 10.9 Å². The summed E-state index contributed by atoms with van der Waals surface area (Å²) >= 11 is 12.1. The summed E-state index contributed by atoms with van der Waals surface area (Å²) in [6.07, 6.45) is 2.21. The molecule has 1 N–H and O–H groups in total. The molecule has 7 nitrogen and oxygen atoms in total. The van der Waals surface area contributed by atoms with Gasteiger partial charge in [-0.15, -0.1) is 0 Å². The number of aromatic nitrogens is 2. The van der Waals surface area contributed by atoms with E-state index in [4.69, 9.17) is 32.7 Å². The van der Waals surface area contributed by atoms with Crippen molar-refractivity contribution in [2.75, 3.05) is 14.2 Å². The number of hydrogen-bond acceptors (Lipinski definition) is 5. The van der Waals surface area contributed by atoms with Crippen LogP contribution in [-0.2, 0) is 11.3 Å². The van der Waals surface area contributed by atoms with Crippen molar-refractivity contribution in [3.63, 3.8) is 0 Å². The predicted molar refractivity (Wildman–Crippen MR) is 121 cm³/mol. The van der Waals surface area contributed by atoms with Crippen LogP contribution in [0.15, 0.2) is 41.5 Å². The van der Waals surface area contributed by atoms with Crippen LogP contribution in [0, 0.1) is 0 Å². The molecule has 1 atom stereocenters. The smallest absolute Gasteiger partial charge is 0.261 e. The maximum absolute atomic E-state index is 12.8. The molecule has 0 fully saturated rings. The summed E-state index contributed by atoms with van der Waals surface area (Å²) in [7, 11) is 3.03. The zero-order valence-corrected chi connectivity index (χ0v) is 19.0. The quantitative estimate of drug-likeness (QED) is 0.535. The number of methoxy groups -OCH3 is 2. The van der Waals surface area contributed by atoms with E-state index in [0.717, 1.165) is 5.56 Å². The van der Waals surface area contributed by atoms with E-state index in [0.29, 0.717) is 45.4 Å². The van der Waals surface area contributed by atoms with Crippen molar-refractivity contribution >= 4 is 40.0 Å². The van der Waals surface area contributed by atoms with E-state index in [1.165, 1.54) is 25.1 Å². The number of hydrogen-bond donors (Lipinski definition) is 1. The molecule has 3 rings (SSSR count). The lowest BCUT2D eigenvalue weighted by molar-refractivity contribution is -0.121. The van der Waals surface area contributed by atoms with Crippen molar-refractivity contribution in [1.29, 1.82) is 0 Å². The second-order valence-electron chi connectivity index (χ2n) is 7.03. The Morgan fingerprint density at radius 3 is 2.55 bits per heavy atom. The fraction of sp³-hybridized carbons (Fsp3) is 0.318. The normalized spacial score (nSPS) is 11.9. The minimum Gasteiger partial charge on any atom is -0.493 e. The molecule has 0 bridgehead atoms. The lowest BCUT2D eigenvalue weighted by Crippen LogP contribution is -2.27. The lowest BCUT2D eigenvalue weighted by Gasteiger charge is -2.16. The number of ether oxygens (including phenoxy) is 2. The van der Waals surface area contributed by atoms with Gasteiger partial charge in [-0.05, 0) is 37.1 Å². The molecule has 3 aromatic rings. The van der Waals surface area contributed by atoms with Crippen LogP contribution in [0.1, 0.15) is 31.4 Å². The summed E-state index contributed by atoms with van der Waals surface area (Å²) in [5.74, 6) is 0.832. The van der Waals surface area contributed by atoms with E-state index in [2.05, 4.69) is 10.3 Å². The molecule has 1 unspecified atom stereocenters. The standard InChI is InChI=1S/C22H23Cl2N3O4/c1-13(15-7-6-14(23)9-17(15)24)26-21(28)5-4-8-27-12-25-18-11-20(31-3)19(30-2)10-16(18)22(27)29/h6-7,9-13H,4-5,8H2,1-3H3,(H,26,28). The summed E-state index contributed by atoms with van der Waals surface area (Å²) in [4.78, 5) is 29.5. The molecule has 0 aliphatic heterocycles. The summed E-state index contributed by atoms with van der Waals surface area (Å²) in [6, 6.07) is 8.19. The third-order valence-corrected chi connectivity index (χ3v) is 5.50. The van der Waals surface area contributed by atoms with Gasteiger partial charge in [0.2, 0.25) is 5.91 Å². The van der Waals surface area contributed by atoms with Crippen LogP contribution in [0.3, 0.4) is 0 Å². The minimum absolute atomic E-state index is 0.133. The van der Waals surface area contributed by atoms with Crippen molar-refractivity contribution in [1.82, 2.24) is 14.9 Å². The first-order chi connectivity index (χ1) is 14.8. The van der Waals surface area contributed by atoms with Gasteiger partial charge in [-0.3, -0.25) is 14.2 Å². The molecule has 0 aliphatic carbocycles. The van der Waals surface area contributed by atoms with E-state index in [-0.39, 0.29) is 23.9 Å². The number of rotatable bonds is 8. The number of fused-ring (bicyclic) bond motifs is 1. The number of halogens is 2. The van der Waals surface area contributed by atoms with Crippen molar-refractivity contribution in [2.24, 2.45) is 0 Å². The van der Waals surface area contributed by atoms with Gasteiger partial charge in [-0.2, -0.15) is 0 Å². The number of nitrogens with zero attached hydrogens (tertiary/aromatic N) is 2. The topological polar surface area (TPSA) is 82.5 Å². The minimum atomic E-state index is -0.259. The number of amides is 1. The van der Waals surface area contributed by atoms with Gasteiger partial charge in [0.1, 0.15) is 0 Å². The average molecular weight is 464 g/mol. The van der Waals surface area contributed by atoms with Gasteiger partial charge in [0, 0.05) is 29.1 Å². The molecule has 0 saturated heterocycles. The number of nitrogens with one attached hydrogen (secondary N) is 1. The van der Waals surface area contributed by atoms with Gasteiger partial charge in [-0.25, -0.2) is 4.98 Å². The Morgan fingerprint density at radius 1 is 1.16 bits per heavy atom. The maximum atomic E-state index is 12.8. The Labute approximate surface area is 189 Å². The molecule has 1 amide bonds. The van der Waals surface area contributed by atoms with Crippen LogP contribution in [0.5, 0.6) is 11.5 Å². The van der Waals surface area contributed by atoms with Gasteiger partial charge in [0.05, 0.1) is 37.5 Å². The first-order valence-electron chi connectivity index (χ1n) is 9.69. The average Bonchev–Trinajstić information content (AvgIpc) is 2.74. The monoisotopic (exact) mass is 463 g/mol. The zero-order valence-electron chi connectivity index (χ0n) is 17.4. The molecule has 1 aromatic heterocycles. The molecular formula is C22H23Cl2N3O4. The Balaban J connectivity index is 1.64. The fourth-order valence-electron chi connectivity index (χ4n) is 3.30. The van der Waals surface area contributed by atoms with Crippen molar-refractivity contribution < 1.29 is 14.3 Å². The molecule has 0 aliphatic rings. The van der Waals surface area contributed by atoms with E-state index < -0.39 is 0 Å². The predicted octanol–water partition coefficient (Wildman–Crippen LogP) is 4.38. The molecule has 0 spiro atoms. The van der Waals surface area contributed by atoms with Crippen LogP contribution < -0.4 is 20.3 Å². The Morgan fingerprint density at radius 2 is 1.87 bits per heavy atom. The Bertz CT molecular complexity index is 1160. The number of benzene rings is 2. The van der Waals surface area contributed by atoms with Crippen molar-refractivity contribution in [3.8, 4) is 11.5 Å². The number of carbonyl (C=O) groups is 1. The van der Waals surface area contributed by atoms with Gasteiger partial charge in [-0.1, -0.05) is 29.3 Å². The number of carbonyl (C=O) groups excluding carboxylic acids is 1. The summed E-state index contributed by atoms with van der Waals surface area (Å²) < 4.78 is 12.0. The molecule has 0 saturated carbocycles. The Hall–Kier alpha value is -2.77. The molecule has 0 radical (unpaired) electrons. The third kappa shape index (κ3) is 5.29. The zero-order chi connectivity index (χ0) is 22.5. The highest BCUT2D eigenvalue weighted by Crippen LogP contribution is 2.30. The summed E-state index contributed by atoms with van der Waals surface area (Å²) in [5, 5.41) is 4.38. The van der Waals surface area contributed by atoms with E-state index in [1.807, 2.05) is 6.92 Å². The molecule has 164 valence electrons. The van der Waals surface area contributed by atoms with Crippen molar-refractivity contribution in [3.05, 3.63) is 62.6 Å². The second-order valence-corrected chi connectivity index (χ2v) is 7.87. The first-order valence-corrected chi connectivity index (χ1v) is 10.4. The largest absolute Gasteiger partial charge is 0.493 e. The van der Waals surface area contributed by atoms with E-state index in [9.17, 15) is 9.59 Å². The highest BCUT2D eigenvalue weighted by Gasteiger charge is 2.14. The highest BCUT2D eigenvalue weighted by molar-refractivity contribution is 6.35. The lowest BCUT2D eigenvalue weighted by atomic mass is 10.1. The fourth-order valence-corrected chi connectivity index (χ4v) is 3.87. The molecular weight excluding hydrogens is 441 g/mol. The van der Waals surface area contributed by atoms with Gasteiger partial charge in [0.25, 0.3) is 5.56 Å². The van der Waals surface area contributed by atoms with Gasteiger partial charge >= 0.3 is 0 Å². The summed E-state index contributed by atoms with van der Waals surface area (Å²) in [5.41, 5.74) is 1.11. The van der Waals surface area contributed by atoms with Crippen LogP contribution >= 0.6 is 23.2 Å². The van der Waals surface area contributed by atoms with E-state index >= 15 is 0 Å². The molecule has 1 heterocycles. The first kappa shape index (κ1) is 22.9. The number of aryl methyl sites for hydroxylation is 1. The van der Waals surface area contributed by atoms with Gasteiger partial charge < -0.3 is 14.8 Å². The highest BCUT2D eigenvalue weighted by atomic mass is 35.5. The maximum Gasteiger partial charge on any atom is 0.261 e. The molecule has 31 heavy (non-hydrogen) atoms. The van der Waals surface area contributed by atoms with Crippen molar-refractivity contribution in [2.45, 2.75) is 32.4 Å². The van der Waals surface area contributed by atoms with Crippen LogP contribution in [0.4, 0.5) is 0 Å².